The van der Waals surface area contributed by atoms with Gasteiger partial charge in [0.2, 0.25) is 0 Å². The molecule has 0 aliphatic carbocycles. The first kappa shape index (κ1) is 15.5. The Balaban J connectivity index is 2.65. The van der Waals surface area contributed by atoms with Crippen molar-refractivity contribution in [3.05, 3.63) is 23.1 Å². The summed E-state index contributed by atoms with van der Waals surface area (Å²) in [7, 11) is 1.95. The van der Waals surface area contributed by atoms with Crippen LogP contribution in [0, 0.1) is 13.8 Å². The van der Waals surface area contributed by atoms with E-state index in [1.807, 2.05) is 24.7 Å². The summed E-state index contributed by atoms with van der Waals surface area (Å²) in [6.45, 7) is 13.5. The lowest BCUT2D eigenvalue weighted by molar-refractivity contribution is 0.568. The van der Waals surface area contributed by atoms with Crippen LogP contribution in [0.15, 0.2) is 6.07 Å². The van der Waals surface area contributed by atoms with E-state index in [0.717, 1.165) is 40.8 Å². The molecule has 0 fully saturated rings. The van der Waals surface area contributed by atoms with E-state index in [9.17, 15) is 0 Å². The number of hydrogen-bond acceptors (Lipinski definition) is 4. The number of nitrogens with one attached hydrogen (secondary N) is 1. The molecule has 0 saturated heterocycles. The molecule has 2 rings (SSSR count). The van der Waals surface area contributed by atoms with Crippen molar-refractivity contribution in [2.75, 3.05) is 11.9 Å². The zero-order valence-electron chi connectivity index (χ0n) is 14.1. The van der Waals surface area contributed by atoms with Crippen LogP contribution in [0.4, 0.5) is 5.82 Å². The summed E-state index contributed by atoms with van der Waals surface area (Å²) < 4.78 is 1.88. The van der Waals surface area contributed by atoms with Gasteiger partial charge in [-0.1, -0.05) is 20.8 Å². The van der Waals surface area contributed by atoms with Crippen molar-refractivity contribution >= 4 is 5.82 Å². The number of rotatable bonds is 3. The summed E-state index contributed by atoms with van der Waals surface area (Å²) in [5, 5.41) is 7.77. The fourth-order valence-corrected chi connectivity index (χ4v) is 2.31. The maximum atomic E-state index is 4.79. The van der Waals surface area contributed by atoms with E-state index in [1.54, 1.807) is 0 Å². The molecule has 2 aromatic rings. The van der Waals surface area contributed by atoms with Crippen LogP contribution in [0.1, 0.15) is 44.8 Å². The van der Waals surface area contributed by atoms with Crippen molar-refractivity contribution in [3.8, 4) is 11.4 Å². The van der Waals surface area contributed by atoms with Crippen LogP contribution >= 0.6 is 0 Å². The lowest BCUT2D eigenvalue weighted by Gasteiger charge is -2.19. The second kappa shape index (κ2) is 5.47. The molecule has 0 spiro atoms. The third-order valence-corrected chi connectivity index (χ3v) is 3.59. The van der Waals surface area contributed by atoms with Crippen LogP contribution in [0.25, 0.3) is 11.4 Å². The summed E-state index contributed by atoms with van der Waals surface area (Å²) in [5.41, 5.74) is 4.09. The predicted octanol–water partition coefficient (Wildman–Crippen LogP) is 3.22. The van der Waals surface area contributed by atoms with E-state index in [0.29, 0.717) is 0 Å². The average molecular weight is 287 g/mol. The van der Waals surface area contributed by atoms with Crippen LogP contribution in [0.2, 0.25) is 0 Å². The number of anilines is 1. The standard InChI is InChI=1S/C16H25N5/c1-8-17-13-9-12(16(4,5)6)18-15(19-13)14-10(2)20-21(7)11(14)3/h9H,8H2,1-7H3,(H,17,18,19). The predicted molar refractivity (Wildman–Crippen MR) is 86.6 cm³/mol. The van der Waals surface area contributed by atoms with E-state index < -0.39 is 0 Å². The van der Waals surface area contributed by atoms with Crippen LogP contribution < -0.4 is 5.32 Å². The van der Waals surface area contributed by atoms with E-state index in [4.69, 9.17) is 4.98 Å². The minimum atomic E-state index is -0.0219. The lowest BCUT2D eigenvalue weighted by Crippen LogP contribution is -2.16. The lowest BCUT2D eigenvalue weighted by atomic mass is 9.91. The minimum absolute atomic E-state index is 0.0219. The van der Waals surface area contributed by atoms with Gasteiger partial charge in [-0.05, 0) is 20.8 Å². The van der Waals surface area contributed by atoms with E-state index in [-0.39, 0.29) is 5.41 Å². The zero-order valence-corrected chi connectivity index (χ0v) is 14.1. The first-order chi connectivity index (χ1) is 9.74. The Morgan fingerprint density at radius 1 is 1.19 bits per heavy atom. The molecule has 0 unspecified atom stereocenters. The summed E-state index contributed by atoms with van der Waals surface area (Å²) >= 11 is 0. The third-order valence-electron chi connectivity index (χ3n) is 3.59. The Morgan fingerprint density at radius 2 is 1.86 bits per heavy atom. The van der Waals surface area contributed by atoms with Crippen molar-refractivity contribution in [1.82, 2.24) is 19.7 Å². The molecule has 2 aromatic heterocycles. The summed E-state index contributed by atoms with van der Waals surface area (Å²) in [6.07, 6.45) is 0. The van der Waals surface area contributed by atoms with Gasteiger partial charge in [-0.15, -0.1) is 0 Å². The van der Waals surface area contributed by atoms with Crippen LogP contribution in [0.5, 0.6) is 0 Å². The van der Waals surface area contributed by atoms with Gasteiger partial charge >= 0.3 is 0 Å². The Labute approximate surface area is 126 Å². The second-order valence-electron chi connectivity index (χ2n) is 6.41. The molecule has 0 atom stereocenters. The van der Waals surface area contributed by atoms with Gasteiger partial charge in [0.25, 0.3) is 0 Å². The van der Waals surface area contributed by atoms with Gasteiger partial charge in [0.15, 0.2) is 5.82 Å². The van der Waals surface area contributed by atoms with Crippen LogP contribution in [-0.2, 0) is 12.5 Å². The first-order valence-electron chi connectivity index (χ1n) is 7.38. The molecule has 114 valence electrons. The Kier molecular flexibility index (Phi) is 4.03. The van der Waals surface area contributed by atoms with Crippen molar-refractivity contribution in [1.29, 1.82) is 0 Å². The molecule has 0 bridgehead atoms. The summed E-state index contributed by atoms with van der Waals surface area (Å²) in [5.74, 6) is 1.62. The van der Waals surface area contributed by atoms with Gasteiger partial charge in [0.05, 0.1) is 17.0 Å². The Bertz CT molecular complexity index is 649. The van der Waals surface area contributed by atoms with Gasteiger partial charge in [0, 0.05) is 30.8 Å². The van der Waals surface area contributed by atoms with Crippen molar-refractivity contribution < 1.29 is 0 Å². The van der Waals surface area contributed by atoms with Gasteiger partial charge < -0.3 is 5.32 Å². The Morgan fingerprint density at radius 3 is 2.33 bits per heavy atom. The molecular formula is C16H25N5. The first-order valence-corrected chi connectivity index (χ1v) is 7.38. The van der Waals surface area contributed by atoms with Gasteiger partial charge in [-0.3, -0.25) is 4.68 Å². The molecule has 21 heavy (non-hydrogen) atoms. The maximum absolute atomic E-state index is 4.79. The smallest absolute Gasteiger partial charge is 0.165 e. The fourth-order valence-electron chi connectivity index (χ4n) is 2.31. The molecule has 0 saturated carbocycles. The molecule has 0 aromatic carbocycles. The normalized spacial score (nSPS) is 11.8. The average Bonchev–Trinajstić information content (AvgIpc) is 2.62. The summed E-state index contributed by atoms with van der Waals surface area (Å²) in [6, 6.07) is 2.04. The van der Waals surface area contributed by atoms with Crippen molar-refractivity contribution in [2.45, 2.75) is 47.0 Å². The molecular weight excluding hydrogens is 262 g/mol. The van der Waals surface area contributed by atoms with Gasteiger partial charge in [-0.25, -0.2) is 9.97 Å². The largest absolute Gasteiger partial charge is 0.370 e. The molecule has 0 amide bonds. The SMILES string of the molecule is CCNc1cc(C(C)(C)C)nc(-c2c(C)nn(C)c2C)n1. The molecule has 5 nitrogen and oxygen atoms in total. The van der Waals surface area contributed by atoms with Crippen LogP contribution in [-0.4, -0.2) is 26.3 Å². The van der Waals surface area contributed by atoms with Crippen LogP contribution in [0.3, 0.4) is 0 Å². The monoisotopic (exact) mass is 287 g/mol. The fraction of sp³-hybridized carbons (Fsp3) is 0.562. The highest BCUT2D eigenvalue weighted by Crippen LogP contribution is 2.28. The zero-order chi connectivity index (χ0) is 15.8. The highest BCUT2D eigenvalue weighted by molar-refractivity contribution is 5.63. The van der Waals surface area contributed by atoms with Crippen molar-refractivity contribution in [3.63, 3.8) is 0 Å². The van der Waals surface area contributed by atoms with E-state index in [1.165, 1.54) is 0 Å². The van der Waals surface area contributed by atoms with Gasteiger partial charge in [-0.2, -0.15) is 5.10 Å². The topological polar surface area (TPSA) is 55.6 Å². The van der Waals surface area contributed by atoms with E-state index >= 15 is 0 Å². The number of aryl methyl sites for hydroxylation is 2. The number of nitrogens with zero attached hydrogens (tertiary/aromatic N) is 4. The Hall–Kier alpha value is -1.91. The van der Waals surface area contributed by atoms with Crippen molar-refractivity contribution in [2.24, 2.45) is 7.05 Å². The molecule has 0 aliphatic heterocycles. The highest BCUT2D eigenvalue weighted by Gasteiger charge is 2.21. The molecule has 0 aliphatic rings. The molecule has 2 heterocycles. The number of aromatic nitrogens is 4. The number of hydrogen-bond donors (Lipinski definition) is 1. The highest BCUT2D eigenvalue weighted by atomic mass is 15.3. The molecule has 1 N–H and O–H groups in total. The quantitative estimate of drug-likeness (QED) is 0.941. The van der Waals surface area contributed by atoms with Gasteiger partial charge in [0.1, 0.15) is 5.82 Å². The minimum Gasteiger partial charge on any atom is -0.370 e. The molecule has 5 heteroatoms. The third kappa shape index (κ3) is 3.06. The molecule has 0 radical (unpaired) electrons. The maximum Gasteiger partial charge on any atom is 0.165 e. The second-order valence-corrected chi connectivity index (χ2v) is 6.41. The summed E-state index contributed by atoms with van der Waals surface area (Å²) in [4.78, 5) is 9.45. The van der Waals surface area contributed by atoms with E-state index in [2.05, 4.69) is 50.0 Å².